The van der Waals surface area contributed by atoms with Gasteiger partial charge in [-0.3, -0.25) is 0 Å². The van der Waals surface area contributed by atoms with Crippen LogP contribution in [-0.4, -0.2) is 67.5 Å². The van der Waals surface area contributed by atoms with Crippen LogP contribution in [0.4, 0.5) is 0 Å². The van der Waals surface area contributed by atoms with E-state index in [1.807, 2.05) is 0 Å². The molecule has 14 heteroatoms. The molecule has 1 aromatic carbocycles. The average molecular weight is 697 g/mol. The Balaban J connectivity index is 0.000000799. The van der Waals surface area contributed by atoms with E-state index >= 15 is 0 Å². The lowest BCUT2D eigenvalue weighted by molar-refractivity contribution is 0.323. The first kappa shape index (κ1) is 40.7. The molecule has 0 fully saturated rings. The van der Waals surface area contributed by atoms with E-state index in [4.69, 9.17) is 24.7 Å². The van der Waals surface area contributed by atoms with Crippen LogP contribution in [-0.2, 0) is 30.7 Å². The highest BCUT2D eigenvalue weighted by molar-refractivity contribution is 6.90. The minimum Gasteiger partial charge on any atom is -0.437 e. The van der Waals surface area contributed by atoms with E-state index in [0.29, 0.717) is 0 Å². The molecule has 40 heavy (non-hydrogen) atoms. The summed E-state index contributed by atoms with van der Waals surface area (Å²) in [6.07, 6.45) is 0. The van der Waals surface area contributed by atoms with Gasteiger partial charge in [-0.1, -0.05) is 30.3 Å². The van der Waals surface area contributed by atoms with Crippen molar-refractivity contribution < 1.29 is 24.7 Å². The fourth-order valence-electron chi connectivity index (χ4n) is 5.09. The van der Waals surface area contributed by atoms with Crippen molar-refractivity contribution in [3.8, 4) is 0 Å². The Morgan fingerprint density at radius 3 is 0.975 bits per heavy atom. The zero-order valence-corrected chi connectivity index (χ0v) is 37.5. The van der Waals surface area contributed by atoms with Crippen molar-refractivity contribution in [1.29, 1.82) is 0 Å². The average Bonchev–Trinajstić information content (AvgIpc) is 2.51. The van der Waals surface area contributed by atoms with E-state index in [2.05, 4.69) is 155 Å². The van der Waals surface area contributed by atoms with Crippen LogP contribution in [0, 0.1) is 0 Å². The van der Waals surface area contributed by atoms with Crippen LogP contribution in [0.15, 0.2) is 30.3 Å². The lowest BCUT2D eigenvalue weighted by Crippen LogP contribution is -2.58. The summed E-state index contributed by atoms with van der Waals surface area (Å²) in [5.74, 6) is 0. The van der Waals surface area contributed by atoms with Crippen molar-refractivity contribution >= 4 is 67.5 Å². The third-order valence-corrected chi connectivity index (χ3v) is 30.6. The highest BCUT2D eigenvalue weighted by Gasteiger charge is 2.45. The van der Waals surface area contributed by atoms with Gasteiger partial charge in [-0.2, -0.15) is 0 Å². The molecule has 0 saturated carbocycles. The predicted octanol–water partition coefficient (Wildman–Crippen LogP) is 9.37. The molecule has 0 heterocycles. The standard InChI is InChI=1S/C16H34O3Si4.C10H30O3Si4/c1-20(2,3)17-22(7,8)19-23(9,18-21(4,5)6)15-16-13-11-10-12-14-16;1-14(2,3)11-16(7,8)13-17(9,10)12-15(4,5)6/h10-14H,15H2,1-9H3;1-10H3. The Kier molecular flexibility index (Phi) is 14.9. The third kappa shape index (κ3) is 22.3. The summed E-state index contributed by atoms with van der Waals surface area (Å²) in [4.78, 5) is 0. The van der Waals surface area contributed by atoms with Gasteiger partial charge in [-0.25, -0.2) is 0 Å². The summed E-state index contributed by atoms with van der Waals surface area (Å²) < 4.78 is 38.4. The molecule has 0 aromatic heterocycles. The van der Waals surface area contributed by atoms with Gasteiger partial charge in [0.05, 0.1) is 0 Å². The van der Waals surface area contributed by atoms with Crippen molar-refractivity contribution in [3.63, 3.8) is 0 Å². The minimum atomic E-state index is -2.34. The molecule has 6 nitrogen and oxygen atoms in total. The third-order valence-electron chi connectivity index (χ3n) is 4.50. The highest BCUT2D eigenvalue weighted by Crippen LogP contribution is 2.27. The fraction of sp³-hybridized carbons (Fsp3) is 0.769. The molecule has 236 valence electrons. The SMILES string of the molecule is C[Si](C)(C)O[Si](C)(C)O[Si](C)(C)O[Si](C)(C)C.C[Si](C)(C)O[Si](C)(C)O[Si](C)(Cc1ccccc1)O[Si](C)(C)C. The lowest BCUT2D eigenvalue weighted by Gasteiger charge is -2.41. The van der Waals surface area contributed by atoms with Gasteiger partial charge in [0.25, 0.3) is 0 Å². The van der Waals surface area contributed by atoms with Crippen molar-refractivity contribution in [2.75, 3.05) is 0 Å². The summed E-state index contributed by atoms with van der Waals surface area (Å²) in [6.45, 7) is 41.7. The summed E-state index contributed by atoms with van der Waals surface area (Å²) >= 11 is 0. The fourth-order valence-corrected chi connectivity index (χ4v) is 40.6. The van der Waals surface area contributed by atoms with E-state index in [9.17, 15) is 0 Å². The Morgan fingerprint density at radius 2 is 0.675 bits per heavy atom. The molecule has 0 radical (unpaired) electrons. The maximum absolute atomic E-state index is 6.68. The Morgan fingerprint density at radius 1 is 0.375 bits per heavy atom. The van der Waals surface area contributed by atoms with E-state index in [1.54, 1.807) is 0 Å². The predicted molar refractivity (Wildman–Crippen MR) is 194 cm³/mol. The monoisotopic (exact) mass is 696 g/mol. The molecular weight excluding hydrogens is 633 g/mol. The van der Waals surface area contributed by atoms with Crippen molar-refractivity contribution in [1.82, 2.24) is 0 Å². The van der Waals surface area contributed by atoms with Crippen molar-refractivity contribution in [3.05, 3.63) is 35.9 Å². The minimum absolute atomic E-state index is 0.879. The first-order valence-electron chi connectivity index (χ1n) is 14.6. The number of hydrogen-bond acceptors (Lipinski definition) is 6. The number of hydrogen-bond donors (Lipinski definition) is 0. The van der Waals surface area contributed by atoms with Crippen LogP contribution < -0.4 is 0 Å². The van der Waals surface area contributed by atoms with Gasteiger partial charge in [-0.15, -0.1) is 0 Å². The Labute approximate surface area is 257 Å². The second-order valence-electron chi connectivity index (χ2n) is 16.1. The van der Waals surface area contributed by atoms with E-state index < -0.39 is 67.5 Å². The molecule has 1 rings (SSSR count). The largest absolute Gasteiger partial charge is 0.437 e. The summed E-state index contributed by atoms with van der Waals surface area (Å²) in [5.41, 5.74) is 1.29. The van der Waals surface area contributed by atoms with Crippen LogP contribution in [0.5, 0.6) is 0 Å². The zero-order chi connectivity index (χ0) is 32.1. The van der Waals surface area contributed by atoms with Gasteiger partial charge in [0.15, 0.2) is 33.3 Å². The number of benzene rings is 1. The van der Waals surface area contributed by atoms with Crippen LogP contribution in [0.2, 0.25) is 124 Å². The smallest absolute Gasteiger partial charge is 0.320 e. The van der Waals surface area contributed by atoms with Crippen LogP contribution in [0.3, 0.4) is 0 Å². The van der Waals surface area contributed by atoms with Crippen molar-refractivity contribution in [2.24, 2.45) is 0 Å². The molecule has 0 N–H and O–H groups in total. The lowest BCUT2D eigenvalue weighted by atomic mass is 10.2. The van der Waals surface area contributed by atoms with E-state index in [-0.39, 0.29) is 0 Å². The molecule has 1 unspecified atom stereocenters. The molecule has 0 amide bonds. The molecule has 1 aromatic rings. The van der Waals surface area contributed by atoms with E-state index in [1.165, 1.54) is 5.56 Å². The first-order chi connectivity index (χ1) is 17.3. The highest BCUT2D eigenvalue weighted by atomic mass is 28.5. The summed E-state index contributed by atoms with van der Waals surface area (Å²) in [7, 11) is -15.0. The van der Waals surface area contributed by atoms with Gasteiger partial charge in [-0.05, 0) is 130 Å². The molecule has 0 aliphatic rings. The van der Waals surface area contributed by atoms with Crippen LogP contribution in [0.1, 0.15) is 5.56 Å². The first-order valence-corrected chi connectivity index (χ1v) is 39.2. The van der Waals surface area contributed by atoms with Crippen molar-refractivity contribution in [2.45, 2.75) is 130 Å². The Hall–Kier alpha value is 0.715. The molecule has 0 aliphatic carbocycles. The summed E-state index contributed by atoms with van der Waals surface area (Å²) in [6, 6.07) is 11.4. The van der Waals surface area contributed by atoms with Crippen LogP contribution >= 0.6 is 0 Å². The van der Waals surface area contributed by atoms with Gasteiger partial charge in [0, 0.05) is 6.04 Å². The van der Waals surface area contributed by atoms with Crippen LogP contribution in [0.25, 0.3) is 0 Å². The normalized spacial score (nSPS) is 15.8. The van der Waals surface area contributed by atoms with Gasteiger partial charge in [0.2, 0.25) is 0 Å². The maximum atomic E-state index is 6.68. The Bertz CT molecular complexity index is 862. The zero-order valence-electron chi connectivity index (χ0n) is 29.5. The van der Waals surface area contributed by atoms with Gasteiger partial charge < -0.3 is 24.7 Å². The van der Waals surface area contributed by atoms with E-state index in [0.717, 1.165) is 6.04 Å². The second-order valence-corrected chi connectivity index (χ2v) is 48.9. The molecule has 0 saturated heterocycles. The van der Waals surface area contributed by atoms with Gasteiger partial charge >= 0.3 is 34.2 Å². The molecule has 1 atom stereocenters. The topological polar surface area (TPSA) is 55.4 Å². The molecule has 0 bridgehead atoms. The quantitative estimate of drug-likeness (QED) is 0.181. The van der Waals surface area contributed by atoms with Gasteiger partial charge in [0.1, 0.15) is 0 Å². The second kappa shape index (κ2) is 14.7. The molecule has 0 aliphatic heterocycles. The molecule has 0 spiro atoms. The molecular formula is C26H64O6Si8. The maximum Gasteiger partial charge on any atom is 0.320 e. The summed E-state index contributed by atoms with van der Waals surface area (Å²) in [5, 5.41) is 0. The number of rotatable bonds is 14.